The number of amides is 1. The van der Waals surface area contributed by atoms with Crippen molar-refractivity contribution in [3.63, 3.8) is 0 Å². The number of carbonyl (C=O) groups is 1. The van der Waals surface area contributed by atoms with Crippen LogP contribution in [0.3, 0.4) is 0 Å². The van der Waals surface area contributed by atoms with E-state index in [2.05, 4.69) is 15.0 Å². The molecule has 6 nitrogen and oxygen atoms in total. The molecule has 3 aromatic rings. The molecule has 1 amide bonds. The lowest BCUT2D eigenvalue weighted by Gasteiger charge is -2.29. The van der Waals surface area contributed by atoms with Gasteiger partial charge in [0.2, 0.25) is 5.91 Å². The van der Waals surface area contributed by atoms with E-state index in [1.807, 2.05) is 36.1 Å². The van der Waals surface area contributed by atoms with Crippen molar-refractivity contribution in [1.82, 2.24) is 19.9 Å². The lowest BCUT2D eigenvalue weighted by molar-refractivity contribution is -0.131. The second-order valence-electron chi connectivity index (χ2n) is 5.80. The van der Waals surface area contributed by atoms with E-state index in [1.54, 1.807) is 6.33 Å². The van der Waals surface area contributed by atoms with Gasteiger partial charge in [0, 0.05) is 13.0 Å². The molecule has 1 aliphatic heterocycles. The Kier molecular flexibility index (Phi) is 4.02. The fourth-order valence-corrected chi connectivity index (χ4v) is 3.88. The molecule has 2 aromatic heterocycles. The molecule has 0 saturated carbocycles. The van der Waals surface area contributed by atoms with Crippen LogP contribution in [0.4, 0.5) is 0 Å². The van der Waals surface area contributed by atoms with Gasteiger partial charge in [-0.1, -0.05) is 30.8 Å². The average Bonchev–Trinajstić information content (AvgIpc) is 3.24. The summed E-state index contributed by atoms with van der Waals surface area (Å²) < 4.78 is 5.75. The molecule has 0 spiro atoms. The Morgan fingerprint density at radius 2 is 2.33 bits per heavy atom. The summed E-state index contributed by atoms with van der Waals surface area (Å²) in [6.45, 7) is 3.32. The van der Waals surface area contributed by atoms with Crippen LogP contribution in [0.15, 0.2) is 40.2 Å². The van der Waals surface area contributed by atoms with Gasteiger partial charge in [0.05, 0.1) is 29.5 Å². The summed E-state index contributed by atoms with van der Waals surface area (Å²) in [5, 5.41) is 0.359. The normalized spacial score (nSPS) is 15.5. The molecule has 24 heavy (non-hydrogen) atoms. The highest BCUT2D eigenvalue weighted by Gasteiger charge is 2.29. The van der Waals surface area contributed by atoms with Crippen LogP contribution < -0.4 is 0 Å². The first kappa shape index (κ1) is 15.3. The quantitative estimate of drug-likeness (QED) is 0.738. The zero-order valence-electron chi connectivity index (χ0n) is 13.4. The molecule has 0 saturated heterocycles. The number of carbonyl (C=O) groups excluding carboxylic acids is 1. The maximum Gasteiger partial charge on any atom is 0.257 e. The molecule has 1 N–H and O–H groups in total. The van der Waals surface area contributed by atoms with Crippen molar-refractivity contribution in [2.24, 2.45) is 0 Å². The molecule has 0 aliphatic carbocycles. The third-order valence-corrected chi connectivity index (χ3v) is 5.45. The van der Waals surface area contributed by atoms with Crippen LogP contribution in [0, 0.1) is 0 Å². The molecule has 4 rings (SSSR count). The minimum Gasteiger partial charge on any atom is -0.431 e. The summed E-state index contributed by atoms with van der Waals surface area (Å²) >= 11 is 1.40. The number of imidazole rings is 1. The Balaban J connectivity index is 1.49. The molecule has 1 aliphatic rings. The first-order valence-corrected chi connectivity index (χ1v) is 8.94. The fourth-order valence-electron chi connectivity index (χ4n) is 2.94. The lowest BCUT2D eigenvalue weighted by Crippen LogP contribution is -2.41. The number of hydrogen-bond acceptors (Lipinski definition) is 5. The second-order valence-corrected chi connectivity index (χ2v) is 6.95. The Morgan fingerprint density at radius 1 is 1.46 bits per heavy atom. The zero-order chi connectivity index (χ0) is 16.5. The predicted molar refractivity (Wildman–Crippen MR) is 91.7 cm³/mol. The molecule has 0 radical (unpaired) electrons. The van der Waals surface area contributed by atoms with Crippen molar-refractivity contribution in [2.45, 2.75) is 36.8 Å². The van der Waals surface area contributed by atoms with Gasteiger partial charge in [-0.25, -0.2) is 9.97 Å². The summed E-state index contributed by atoms with van der Waals surface area (Å²) in [6.07, 6.45) is 3.23. The molecular formula is C17H18N4O2S. The number of rotatable bonds is 4. The monoisotopic (exact) mass is 342 g/mol. The van der Waals surface area contributed by atoms with Gasteiger partial charge in [-0.15, -0.1) is 0 Å². The van der Waals surface area contributed by atoms with E-state index in [0.29, 0.717) is 18.3 Å². The number of fused-ring (bicyclic) bond motifs is 2. The number of nitrogens with zero attached hydrogens (tertiary/aromatic N) is 3. The number of hydrogen-bond donors (Lipinski definition) is 1. The van der Waals surface area contributed by atoms with Crippen molar-refractivity contribution >= 4 is 28.8 Å². The van der Waals surface area contributed by atoms with E-state index in [9.17, 15) is 4.79 Å². The highest BCUT2D eigenvalue weighted by Crippen LogP contribution is 2.30. The summed E-state index contributed by atoms with van der Waals surface area (Å²) in [7, 11) is 0. The van der Waals surface area contributed by atoms with Crippen molar-refractivity contribution in [3.8, 4) is 0 Å². The number of H-pyrrole nitrogens is 1. The minimum atomic E-state index is -0.192. The molecule has 3 heterocycles. The second kappa shape index (κ2) is 6.32. The van der Waals surface area contributed by atoms with E-state index >= 15 is 0 Å². The first-order valence-electron chi connectivity index (χ1n) is 8.06. The van der Waals surface area contributed by atoms with E-state index in [-0.39, 0.29) is 11.2 Å². The van der Waals surface area contributed by atoms with Gasteiger partial charge in [-0.2, -0.15) is 0 Å². The van der Waals surface area contributed by atoms with E-state index in [0.717, 1.165) is 35.3 Å². The van der Waals surface area contributed by atoms with Gasteiger partial charge >= 0.3 is 0 Å². The predicted octanol–water partition coefficient (Wildman–Crippen LogP) is 3.01. The van der Waals surface area contributed by atoms with Crippen molar-refractivity contribution < 1.29 is 9.21 Å². The number of benzene rings is 1. The molecule has 7 heteroatoms. The third-order valence-electron chi connectivity index (χ3n) is 4.25. The van der Waals surface area contributed by atoms with Crippen LogP contribution in [0.25, 0.3) is 11.1 Å². The average molecular weight is 342 g/mol. The molecule has 1 aromatic carbocycles. The van der Waals surface area contributed by atoms with Crippen molar-refractivity contribution in [2.75, 3.05) is 6.54 Å². The smallest absolute Gasteiger partial charge is 0.257 e. The highest BCUT2D eigenvalue weighted by molar-refractivity contribution is 8.00. The van der Waals surface area contributed by atoms with E-state index in [1.165, 1.54) is 11.8 Å². The standard InChI is InChI=1S/C17H18N4O2S/c1-2-15(24-17-20-12-5-3-4-6-14(12)23-17)16(22)21-8-7-11-13(9-21)19-10-18-11/h3-6,10,15H,2,7-9H2,1H3,(H,18,19)/t15-/m0/s1. The van der Waals surface area contributed by atoms with Crippen LogP contribution >= 0.6 is 11.8 Å². The Morgan fingerprint density at radius 3 is 3.17 bits per heavy atom. The largest absolute Gasteiger partial charge is 0.431 e. The Hall–Kier alpha value is -2.28. The summed E-state index contributed by atoms with van der Waals surface area (Å²) in [4.78, 5) is 26.6. The van der Waals surface area contributed by atoms with Crippen LogP contribution in [0.5, 0.6) is 0 Å². The third kappa shape index (κ3) is 2.80. The van der Waals surface area contributed by atoms with Gasteiger partial charge in [0.1, 0.15) is 5.52 Å². The summed E-state index contributed by atoms with van der Waals surface area (Å²) in [5.41, 5.74) is 3.68. The van der Waals surface area contributed by atoms with Gasteiger partial charge in [-0.05, 0) is 18.6 Å². The van der Waals surface area contributed by atoms with Gasteiger partial charge in [0.25, 0.3) is 5.22 Å². The molecule has 0 fully saturated rings. The van der Waals surface area contributed by atoms with Crippen LogP contribution in [0.2, 0.25) is 0 Å². The molecule has 1 atom stereocenters. The van der Waals surface area contributed by atoms with Crippen LogP contribution in [-0.2, 0) is 17.8 Å². The fraction of sp³-hybridized carbons (Fsp3) is 0.353. The van der Waals surface area contributed by atoms with Gasteiger partial charge in [0.15, 0.2) is 5.58 Å². The van der Waals surface area contributed by atoms with Crippen molar-refractivity contribution in [1.29, 1.82) is 0 Å². The number of aromatic amines is 1. The maximum atomic E-state index is 12.9. The topological polar surface area (TPSA) is 75.0 Å². The number of thioether (sulfide) groups is 1. The van der Waals surface area contributed by atoms with Crippen molar-refractivity contribution in [3.05, 3.63) is 42.0 Å². The first-order chi connectivity index (χ1) is 11.7. The number of oxazole rings is 1. The minimum absolute atomic E-state index is 0.130. The molecule has 0 bridgehead atoms. The molecule has 124 valence electrons. The Labute approximate surface area is 143 Å². The van der Waals surface area contributed by atoms with Crippen LogP contribution in [0.1, 0.15) is 24.7 Å². The number of nitrogens with one attached hydrogen (secondary N) is 1. The lowest BCUT2D eigenvalue weighted by atomic mass is 10.1. The van der Waals surface area contributed by atoms with Gasteiger partial charge in [-0.3, -0.25) is 4.79 Å². The number of aromatic nitrogens is 3. The maximum absolute atomic E-state index is 12.9. The molecule has 0 unspecified atom stereocenters. The highest BCUT2D eigenvalue weighted by atomic mass is 32.2. The molecular weight excluding hydrogens is 324 g/mol. The summed E-state index contributed by atoms with van der Waals surface area (Å²) in [5.74, 6) is 0.130. The number of para-hydroxylation sites is 2. The van der Waals surface area contributed by atoms with Crippen LogP contribution in [-0.4, -0.2) is 37.6 Å². The SMILES string of the molecule is CC[C@H](Sc1nc2ccccc2o1)C(=O)N1CCc2nc[nH]c2C1. The summed E-state index contributed by atoms with van der Waals surface area (Å²) in [6, 6.07) is 7.65. The van der Waals surface area contributed by atoms with Gasteiger partial charge < -0.3 is 14.3 Å². The zero-order valence-corrected chi connectivity index (χ0v) is 14.2. The Bertz CT molecular complexity index is 839. The van der Waals surface area contributed by atoms with E-state index in [4.69, 9.17) is 4.42 Å². The van der Waals surface area contributed by atoms with E-state index < -0.39 is 0 Å².